The largest absolute Gasteiger partial charge is 0.455 e. The Kier molecular flexibility index (Phi) is 5.44. The molecular formula is C21H14ClF2NO4S. The molecule has 2 aromatic carbocycles. The van der Waals surface area contributed by atoms with Crippen molar-refractivity contribution in [3.8, 4) is 0 Å². The summed E-state index contributed by atoms with van der Waals surface area (Å²) in [5.74, 6) is -1.63. The molecule has 1 aliphatic heterocycles. The smallest absolute Gasteiger partial charge is 0.267 e. The van der Waals surface area contributed by atoms with Gasteiger partial charge in [-0.2, -0.15) is 0 Å². The fraction of sp³-hybridized carbons (Fsp3) is 0.0952. The summed E-state index contributed by atoms with van der Waals surface area (Å²) >= 11 is 5.86. The number of rotatable bonds is 5. The van der Waals surface area contributed by atoms with Gasteiger partial charge in [0.2, 0.25) is 0 Å². The molecule has 0 bridgehead atoms. The molecule has 0 spiro atoms. The van der Waals surface area contributed by atoms with Crippen molar-refractivity contribution < 1.29 is 26.7 Å². The molecule has 1 atom stereocenters. The van der Waals surface area contributed by atoms with Gasteiger partial charge in [0.25, 0.3) is 6.29 Å². The zero-order valence-corrected chi connectivity index (χ0v) is 16.8. The van der Waals surface area contributed by atoms with Crippen molar-refractivity contribution in [2.24, 2.45) is 0 Å². The lowest BCUT2D eigenvalue weighted by Crippen LogP contribution is -2.18. The van der Waals surface area contributed by atoms with Crippen LogP contribution >= 0.6 is 11.6 Å². The fourth-order valence-corrected chi connectivity index (χ4v) is 4.95. The van der Waals surface area contributed by atoms with Gasteiger partial charge < -0.3 is 9.47 Å². The Balaban J connectivity index is 1.83. The normalized spacial score (nSPS) is 14.9. The Bertz CT molecular complexity index is 1190. The van der Waals surface area contributed by atoms with Crippen LogP contribution in [0.3, 0.4) is 0 Å². The van der Waals surface area contributed by atoms with Crippen molar-refractivity contribution in [3.05, 3.63) is 107 Å². The van der Waals surface area contributed by atoms with Crippen molar-refractivity contribution in [2.75, 3.05) is 0 Å². The van der Waals surface area contributed by atoms with Gasteiger partial charge in [-0.3, -0.25) is 4.98 Å². The molecule has 1 aliphatic rings. The van der Waals surface area contributed by atoms with E-state index in [0.717, 1.165) is 18.2 Å². The van der Waals surface area contributed by atoms with Crippen LogP contribution in [0.5, 0.6) is 0 Å². The number of hydrogen-bond acceptors (Lipinski definition) is 5. The molecular weight excluding hydrogens is 436 g/mol. The first kappa shape index (κ1) is 20.3. The SMILES string of the molecule is O=S(=O)(c1ccc(Cl)cc1)C(c1ccc(C2OC=CO2)cn1)c1cc(F)ccc1F. The molecule has 0 amide bonds. The van der Waals surface area contributed by atoms with Crippen LogP contribution in [0.25, 0.3) is 0 Å². The molecule has 0 N–H and O–H groups in total. The third-order valence-corrected chi connectivity index (χ3v) is 6.80. The van der Waals surface area contributed by atoms with Crippen LogP contribution in [-0.2, 0) is 19.3 Å². The number of nitrogens with zero attached hydrogens (tertiary/aromatic N) is 1. The molecule has 1 aromatic heterocycles. The number of pyridine rings is 1. The van der Waals surface area contributed by atoms with Crippen molar-refractivity contribution in [1.82, 2.24) is 4.98 Å². The molecule has 2 heterocycles. The lowest BCUT2D eigenvalue weighted by atomic mass is 10.1. The summed E-state index contributed by atoms with van der Waals surface area (Å²) < 4.78 is 65.8. The zero-order chi connectivity index (χ0) is 21.3. The van der Waals surface area contributed by atoms with Crippen LogP contribution in [0.1, 0.15) is 28.4 Å². The van der Waals surface area contributed by atoms with Gasteiger partial charge in [0.05, 0.1) is 16.2 Å². The summed E-state index contributed by atoms with van der Waals surface area (Å²) in [6.07, 6.45) is 3.40. The summed E-state index contributed by atoms with van der Waals surface area (Å²) in [5.41, 5.74) is 0.204. The van der Waals surface area contributed by atoms with E-state index in [-0.39, 0.29) is 16.2 Å². The highest BCUT2D eigenvalue weighted by atomic mass is 35.5. The summed E-state index contributed by atoms with van der Waals surface area (Å²) in [6, 6.07) is 11.1. The van der Waals surface area contributed by atoms with Crippen LogP contribution in [0.2, 0.25) is 5.02 Å². The third kappa shape index (κ3) is 3.88. The molecule has 3 aromatic rings. The Morgan fingerprint density at radius 2 is 1.67 bits per heavy atom. The molecule has 4 rings (SSSR count). The first-order valence-corrected chi connectivity index (χ1v) is 10.6. The van der Waals surface area contributed by atoms with E-state index < -0.39 is 33.0 Å². The molecule has 154 valence electrons. The molecule has 0 saturated carbocycles. The standard InChI is InChI=1S/C21H14ClF2NO4S/c22-14-2-5-16(6-3-14)30(26,27)20(17-11-15(23)4-7-18(17)24)19-8-1-13(12-25-19)21-28-9-10-29-21/h1-12,20-21H. The first-order valence-electron chi connectivity index (χ1n) is 8.72. The van der Waals surface area contributed by atoms with Crippen LogP contribution in [0.15, 0.2) is 78.2 Å². The molecule has 0 fully saturated rings. The summed E-state index contributed by atoms with van der Waals surface area (Å²) in [5, 5.41) is -1.23. The van der Waals surface area contributed by atoms with Crippen molar-refractivity contribution in [1.29, 1.82) is 0 Å². The second-order valence-electron chi connectivity index (χ2n) is 6.44. The number of sulfone groups is 1. The predicted molar refractivity (Wildman–Crippen MR) is 105 cm³/mol. The van der Waals surface area contributed by atoms with Gasteiger partial charge in [0.15, 0.2) is 9.84 Å². The van der Waals surface area contributed by atoms with Crippen molar-refractivity contribution in [3.63, 3.8) is 0 Å². The highest BCUT2D eigenvalue weighted by molar-refractivity contribution is 7.91. The average Bonchev–Trinajstić information content (AvgIpc) is 3.26. The van der Waals surface area contributed by atoms with E-state index in [0.29, 0.717) is 10.6 Å². The van der Waals surface area contributed by atoms with Crippen LogP contribution in [0.4, 0.5) is 8.78 Å². The lowest BCUT2D eigenvalue weighted by Gasteiger charge is -2.19. The predicted octanol–water partition coefficient (Wildman–Crippen LogP) is 5.09. The number of hydrogen-bond donors (Lipinski definition) is 0. The van der Waals surface area contributed by atoms with E-state index in [1.807, 2.05) is 0 Å². The molecule has 5 nitrogen and oxygen atoms in total. The quantitative estimate of drug-likeness (QED) is 0.542. The van der Waals surface area contributed by atoms with Crippen LogP contribution in [0, 0.1) is 11.6 Å². The Labute approximate surface area is 176 Å². The van der Waals surface area contributed by atoms with E-state index in [9.17, 15) is 17.2 Å². The maximum absolute atomic E-state index is 14.6. The maximum Gasteiger partial charge on any atom is 0.267 e. The van der Waals surface area contributed by atoms with E-state index in [1.165, 1.54) is 49.1 Å². The number of aromatic nitrogens is 1. The van der Waals surface area contributed by atoms with Gasteiger partial charge in [-0.25, -0.2) is 17.2 Å². The molecule has 9 heteroatoms. The minimum Gasteiger partial charge on any atom is -0.455 e. The van der Waals surface area contributed by atoms with Gasteiger partial charge >= 0.3 is 0 Å². The minimum absolute atomic E-state index is 0.0177. The molecule has 30 heavy (non-hydrogen) atoms. The highest BCUT2D eigenvalue weighted by Crippen LogP contribution is 2.36. The topological polar surface area (TPSA) is 65.5 Å². The minimum atomic E-state index is -4.20. The zero-order valence-electron chi connectivity index (χ0n) is 15.2. The van der Waals surface area contributed by atoms with Gasteiger partial charge in [-0.15, -0.1) is 0 Å². The van der Waals surface area contributed by atoms with E-state index in [1.54, 1.807) is 6.07 Å². The molecule has 0 radical (unpaired) electrons. The third-order valence-electron chi connectivity index (χ3n) is 4.50. The monoisotopic (exact) mass is 449 g/mol. The van der Waals surface area contributed by atoms with Crippen LogP contribution in [-0.4, -0.2) is 13.4 Å². The second kappa shape index (κ2) is 8.04. The number of benzene rings is 2. The van der Waals surface area contributed by atoms with Gasteiger partial charge in [0, 0.05) is 16.8 Å². The van der Waals surface area contributed by atoms with E-state index in [2.05, 4.69) is 4.98 Å². The van der Waals surface area contributed by atoms with Crippen molar-refractivity contribution >= 4 is 21.4 Å². The Morgan fingerprint density at radius 3 is 2.30 bits per heavy atom. The van der Waals surface area contributed by atoms with Gasteiger partial charge in [-0.1, -0.05) is 11.6 Å². The van der Waals surface area contributed by atoms with Crippen molar-refractivity contribution in [2.45, 2.75) is 16.4 Å². The van der Waals surface area contributed by atoms with Gasteiger partial charge in [-0.05, 0) is 54.6 Å². The highest BCUT2D eigenvalue weighted by Gasteiger charge is 2.34. The summed E-state index contributed by atoms with van der Waals surface area (Å²) in [4.78, 5) is 4.10. The summed E-state index contributed by atoms with van der Waals surface area (Å²) in [7, 11) is -4.20. The average molecular weight is 450 g/mol. The molecule has 0 aliphatic carbocycles. The fourth-order valence-electron chi connectivity index (χ4n) is 3.07. The second-order valence-corrected chi connectivity index (χ2v) is 8.91. The van der Waals surface area contributed by atoms with Crippen LogP contribution < -0.4 is 0 Å². The molecule has 0 saturated heterocycles. The molecule has 1 unspecified atom stereocenters. The Hall–Kier alpha value is -2.97. The Morgan fingerprint density at radius 1 is 0.967 bits per heavy atom. The number of halogens is 3. The van der Waals surface area contributed by atoms with E-state index in [4.69, 9.17) is 21.1 Å². The number of ether oxygens (including phenoxy) is 2. The maximum atomic E-state index is 14.6. The lowest BCUT2D eigenvalue weighted by molar-refractivity contribution is -0.0248. The summed E-state index contributed by atoms with van der Waals surface area (Å²) in [6.45, 7) is 0. The first-order chi connectivity index (χ1) is 14.4. The van der Waals surface area contributed by atoms with E-state index >= 15 is 0 Å². The van der Waals surface area contributed by atoms with Gasteiger partial charge in [0.1, 0.15) is 29.4 Å².